The van der Waals surface area contributed by atoms with Gasteiger partial charge in [-0.25, -0.2) is 4.39 Å². The highest BCUT2D eigenvalue weighted by molar-refractivity contribution is 6.03. The molecule has 1 aromatic heterocycles. The monoisotopic (exact) mass is 236 g/mol. The van der Waals surface area contributed by atoms with Gasteiger partial charge in [0.15, 0.2) is 0 Å². The standard InChI is InChI=1S/C10H9FN4O2/c1-5-13-9(15-17-5)10(16)14-8-4-6(11)2-3-7(8)12/h2-4H,12H2,1H3,(H,14,16). The van der Waals surface area contributed by atoms with Crippen LogP contribution in [0.2, 0.25) is 0 Å². The lowest BCUT2D eigenvalue weighted by atomic mass is 10.2. The summed E-state index contributed by atoms with van der Waals surface area (Å²) in [4.78, 5) is 15.4. The molecule has 0 aliphatic carbocycles. The Kier molecular flexibility index (Phi) is 2.73. The van der Waals surface area contributed by atoms with Gasteiger partial charge in [0, 0.05) is 6.92 Å². The molecule has 7 heteroatoms. The number of anilines is 2. The lowest BCUT2D eigenvalue weighted by Crippen LogP contribution is -2.15. The fraction of sp³-hybridized carbons (Fsp3) is 0.100. The molecule has 0 aliphatic heterocycles. The number of nitrogen functional groups attached to an aromatic ring is 1. The van der Waals surface area contributed by atoms with E-state index in [9.17, 15) is 9.18 Å². The topological polar surface area (TPSA) is 94.0 Å². The number of carbonyl (C=O) groups is 1. The molecular weight excluding hydrogens is 227 g/mol. The maximum Gasteiger partial charge on any atom is 0.297 e. The molecule has 2 aromatic rings. The van der Waals surface area contributed by atoms with Crippen LogP contribution in [0, 0.1) is 12.7 Å². The second kappa shape index (κ2) is 4.20. The SMILES string of the molecule is Cc1nc(C(=O)Nc2cc(F)ccc2N)no1. The zero-order valence-electron chi connectivity index (χ0n) is 8.90. The van der Waals surface area contributed by atoms with Crippen LogP contribution in [-0.2, 0) is 0 Å². The molecule has 0 radical (unpaired) electrons. The Morgan fingerprint density at radius 2 is 2.29 bits per heavy atom. The van der Waals surface area contributed by atoms with E-state index in [0.29, 0.717) is 0 Å². The Morgan fingerprint density at radius 1 is 1.53 bits per heavy atom. The molecule has 6 nitrogen and oxygen atoms in total. The first-order valence-electron chi connectivity index (χ1n) is 4.73. The van der Waals surface area contributed by atoms with Crippen LogP contribution in [0.5, 0.6) is 0 Å². The molecule has 0 aliphatic rings. The average Bonchev–Trinajstić information content (AvgIpc) is 2.70. The minimum absolute atomic E-state index is 0.133. The molecule has 0 atom stereocenters. The van der Waals surface area contributed by atoms with Crippen LogP contribution in [0.25, 0.3) is 0 Å². The number of hydrogen-bond acceptors (Lipinski definition) is 5. The number of carbonyl (C=O) groups excluding carboxylic acids is 1. The van der Waals surface area contributed by atoms with E-state index in [1.54, 1.807) is 6.92 Å². The van der Waals surface area contributed by atoms with Gasteiger partial charge in [-0.3, -0.25) is 4.79 Å². The van der Waals surface area contributed by atoms with Gasteiger partial charge in [0.05, 0.1) is 11.4 Å². The summed E-state index contributed by atoms with van der Waals surface area (Å²) in [5, 5.41) is 5.82. The lowest BCUT2D eigenvalue weighted by Gasteiger charge is -2.05. The highest BCUT2D eigenvalue weighted by Gasteiger charge is 2.14. The van der Waals surface area contributed by atoms with Crippen molar-refractivity contribution in [3.8, 4) is 0 Å². The number of benzene rings is 1. The van der Waals surface area contributed by atoms with Crippen molar-refractivity contribution in [2.45, 2.75) is 6.92 Å². The first-order chi connectivity index (χ1) is 8.06. The van der Waals surface area contributed by atoms with Crippen molar-refractivity contribution in [1.82, 2.24) is 10.1 Å². The number of rotatable bonds is 2. The molecule has 1 amide bonds. The molecule has 88 valence electrons. The largest absolute Gasteiger partial charge is 0.397 e. The van der Waals surface area contributed by atoms with Crippen molar-refractivity contribution in [2.24, 2.45) is 0 Å². The van der Waals surface area contributed by atoms with Crippen molar-refractivity contribution >= 4 is 17.3 Å². The van der Waals surface area contributed by atoms with Crippen LogP contribution >= 0.6 is 0 Å². The fourth-order valence-corrected chi connectivity index (χ4v) is 1.21. The quantitative estimate of drug-likeness (QED) is 0.767. The van der Waals surface area contributed by atoms with E-state index >= 15 is 0 Å². The zero-order valence-corrected chi connectivity index (χ0v) is 8.90. The number of aryl methyl sites for hydroxylation is 1. The molecular formula is C10H9FN4O2. The third-order valence-corrected chi connectivity index (χ3v) is 1.99. The molecule has 1 aromatic carbocycles. The first-order valence-corrected chi connectivity index (χ1v) is 4.73. The first kappa shape index (κ1) is 11.1. The summed E-state index contributed by atoms with van der Waals surface area (Å²) in [6, 6.07) is 3.66. The molecule has 0 unspecified atom stereocenters. The van der Waals surface area contributed by atoms with Crippen molar-refractivity contribution in [1.29, 1.82) is 0 Å². The van der Waals surface area contributed by atoms with Crippen LogP contribution in [0.15, 0.2) is 22.7 Å². The van der Waals surface area contributed by atoms with Crippen LogP contribution in [-0.4, -0.2) is 16.0 Å². The maximum atomic E-state index is 12.9. The number of nitrogens with zero attached hydrogens (tertiary/aromatic N) is 2. The number of hydrogen-bond donors (Lipinski definition) is 2. The highest BCUT2D eigenvalue weighted by atomic mass is 19.1. The van der Waals surface area contributed by atoms with Crippen molar-refractivity contribution in [3.05, 3.63) is 35.7 Å². The normalized spacial score (nSPS) is 10.2. The van der Waals surface area contributed by atoms with E-state index < -0.39 is 11.7 Å². The number of nitrogens with two attached hydrogens (primary N) is 1. The summed E-state index contributed by atoms with van der Waals surface area (Å²) in [6.45, 7) is 1.56. The minimum Gasteiger partial charge on any atom is -0.397 e. The fourth-order valence-electron chi connectivity index (χ4n) is 1.21. The molecule has 1 heterocycles. The predicted octanol–water partition coefficient (Wildman–Crippen LogP) is 1.35. The lowest BCUT2D eigenvalue weighted by molar-refractivity contribution is 0.101. The van der Waals surface area contributed by atoms with Gasteiger partial charge < -0.3 is 15.6 Å². The Bertz CT molecular complexity index is 567. The van der Waals surface area contributed by atoms with Crippen LogP contribution in [0.1, 0.15) is 16.5 Å². The third kappa shape index (κ3) is 2.39. The van der Waals surface area contributed by atoms with Gasteiger partial charge in [-0.1, -0.05) is 5.16 Å². The second-order valence-corrected chi connectivity index (χ2v) is 3.32. The summed E-state index contributed by atoms with van der Waals surface area (Å²) in [6.07, 6.45) is 0. The summed E-state index contributed by atoms with van der Waals surface area (Å²) in [5.74, 6) is -0.980. The van der Waals surface area contributed by atoms with Crippen molar-refractivity contribution in [3.63, 3.8) is 0 Å². The van der Waals surface area contributed by atoms with E-state index in [2.05, 4.69) is 20.0 Å². The number of aromatic nitrogens is 2. The average molecular weight is 236 g/mol. The van der Waals surface area contributed by atoms with Gasteiger partial charge >= 0.3 is 0 Å². The highest BCUT2D eigenvalue weighted by Crippen LogP contribution is 2.19. The number of amides is 1. The van der Waals surface area contributed by atoms with Crippen LogP contribution < -0.4 is 11.1 Å². The summed E-state index contributed by atoms with van der Waals surface area (Å²) in [5.41, 5.74) is 5.99. The molecule has 3 N–H and O–H groups in total. The predicted molar refractivity (Wildman–Crippen MR) is 57.8 cm³/mol. The van der Waals surface area contributed by atoms with Gasteiger partial charge in [-0.15, -0.1) is 0 Å². The van der Waals surface area contributed by atoms with E-state index in [1.807, 2.05) is 0 Å². The Labute approximate surface area is 95.6 Å². The Hall–Kier alpha value is -2.44. The molecule has 0 saturated heterocycles. The van der Waals surface area contributed by atoms with Crippen molar-refractivity contribution in [2.75, 3.05) is 11.1 Å². The summed E-state index contributed by atoms with van der Waals surface area (Å²) < 4.78 is 17.6. The smallest absolute Gasteiger partial charge is 0.297 e. The van der Waals surface area contributed by atoms with E-state index in [-0.39, 0.29) is 23.1 Å². The van der Waals surface area contributed by atoms with Gasteiger partial charge in [0.2, 0.25) is 5.89 Å². The summed E-state index contributed by atoms with van der Waals surface area (Å²) in [7, 11) is 0. The van der Waals surface area contributed by atoms with Crippen molar-refractivity contribution < 1.29 is 13.7 Å². The molecule has 17 heavy (non-hydrogen) atoms. The molecule has 0 spiro atoms. The van der Waals surface area contributed by atoms with Gasteiger partial charge in [0.1, 0.15) is 5.82 Å². The Morgan fingerprint density at radius 3 is 2.94 bits per heavy atom. The Balaban J connectivity index is 2.21. The van der Waals surface area contributed by atoms with E-state index in [4.69, 9.17) is 5.73 Å². The molecule has 0 saturated carbocycles. The van der Waals surface area contributed by atoms with Crippen LogP contribution in [0.3, 0.4) is 0 Å². The van der Waals surface area contributed by atoms with Gasteiger partial charge in [-0.2, -0.15) is 4.98 Å². The number of halogens is 1. The molecule has 2 rings (SSSR count). The maximum absolute atomic E-state index is 12.9. The zero-order chi connectivity index (χ0) is 12.4. The van der Waals surface area contributed by atoms with Crippen LogP contribution in [0.4, 0.5) is 15.8 Å². The summed E-state index contributed by atoms with van der Waals surface area (Å²) >= 11 is 0. The van der Waals surface area contributed by atoms with E-state index in [0.717, 1.165) is 6.07 Å². The second-order valence-electron chi connectivity index (χ2n) is 3.32. The molecule has 0 fully saturated rings. The number of nitrogens with one attached hydrogen (secondary N) is 1. The third-order valence-electron chi connectivity index (χ3n) is 1.99. The van der Waals surface area contributed by atoms with Gasteiger partial charge in [-0.05, 0) is 18.2 Å². The van der Waals surface area contributed by atoms with Gasteiger partial charge in [0.25, 0.3) is 11.7 Å². The van der Waals surface area contributed by atoms with E-state index in [1.165, 1.54) is 12.1 Å². The molecule has 0 bridgehead atoms. The minimum atomic E-state index is -0.612.